The summed E-state index contributed by atoms with van der Waals surface area (Å²) in [4.78, 5) is 0. The molecule has 1 rings (SSSR count). The third-order valence-electron chi connectivity index (χ3n) is 1.77. The first-order valence-corrected chi connectivity index (χ1v) is 4.19. The fourth-order valence-electron chi connectivity index (χ4n) is 1.04. The lowest BCUT2D eigenvalue weighted by Crippen LogP contribution is -1.75. The quantitative estimate of drug-likeness (QED) is 0.576. The van der Waals surface area contributed by atoms with Crippen LogP contribution in [0.4, 0.5) is 0 Å². The minimum atomic E-state index is 1.29. The molecular weight excluding hydrogens is 144 g/mol. The molecule has 0 bridgehead atoms. The normalized spacial score (nSPS) is 12.3. The van der Waals surface area contributed by atoms with Crippen LogP contribution in [0, 0.1) is 0 Å². The summed E-state index contributed by atoms with van der Waals surface area (Å²) in [5.41, 5.74) is 2.59. The Morgan fingerprint density at radius 1 is 1.17 bits per heavy atom. The second-order valence-electron chi connectivity index (χ2n) is 2.74. The molecule has 62 valence electrons. The molecule has 1 aromatic carbocycles. The van der Waals surface area contributed by atoms with Gasteiger partial charge in [0.2, 0.25) is 0 Å². The van der Waals surface area contributed by atoms with Gasteiger partial charge in [0.25, 0.3) is 0 Å². The van der Waals surface area contributed by atoms with E-state index in [0.717, 1.165) is 0 Å². The van der Waals surface area contributed by atoms with Crippen LogP contribution in [0.15, 0.2) is 48.6 Å². The number of benzene rings is 1. The Kier molecular flexibility index (Phi) is 3.34. The SMILES string of the molecule is CC=CC=C(C)c1ccccc1. The first kappa shape index (κ1) is 8.79. The maximum Gasteiger partial charge on any atom is -0.0227 e. The van der Waals surface area contributed by atoms with Gasteiger partial charge in [-0.2, -0.15) is 0 Å². The Labute approximate surface area is 74.2 Å². The highest BCUT2D eigenvalue weighted by molar-refractivity contribution is 5.64. The van der Waals surface area contributed by atoms with Crippen molar-refractivity contribution in [1.82, 2.24) is 0 Å². The third kappa shape index (κ3) is 2.39. The summed E-state index contributed by atoms with van der Waals surface area (Å²) in [5, 5.41) is 0. The van der Waals surface area contributed by atoms with Crippen molar-refractivity contribution in [2.75, 3.05) is 0 Å². The van der Waals surface area contributed by atoms with Gasteiger partial charge in [-0.15, -0.1) is 0 Å². The van der Waals surface area contributed by atoms with Crippen LogP contribution in [0.25, 0.3) is 5.57 Å². The minimum absolute atomic E-state index is 1.29. The topological polar surface area (TPSA) is 0 Å². The van der Waals surface area contributed by atoms with Crippen LogP contribution in [-0.4, -0.2) is 0 Å². The molecule has 0 aromatic heterocycles. The molecule has 0 spiro atoms. The Hall–Kier alpha value is -1.30. The van der Waals surface area contributed by atoms with E-state index in [1.165, 1.54) is 11.1 Å². The molecule has 0 nitrogen and oxygen atoms in total. The molecule has 1 aromatic rings. The maximum atomic E-state index is 2.12. The standard InChI is InChI=1S/C12H14/c1-3-4-8-11(2)12-9-6-5-7-10-12/h3-10H,1-2H3. The minimum Gasteiger partial charge on any atom is -0.0877 e. The zero-order valence-corrected chi connectivity index (χ0v) is 7.62. The van der Waals surface area contributed by atoms with Crippen LogP contribution in [-0.2, 0) is 0 Å². The molecule has 0 heteroatoms. The molecule has 0 saturated carbocycles. The van der Waals surface area contributed by atoms with Gasteiger partial charge in [-0.1, -0.05) is 48.6 Å². The molecule has 0 aliphatic rings. The van der Waals surface area contributed by atoms with Crippen molar-refractivity contribution in [2.24, 2.45) is 0 Å². The van der Waals surface area contributed by atoms with Gasteiger partial charge in [-0.3, -0.25) is 0 Å². The van der Waals surface area contributed by atoms with Crippen molar-refractivity contribution in [3.8, 4) is 0 Å². The average molecular weight is 158 g/mol. The van der Waals surface area contributed by atoms with E-state index >= 15 is 0 Å². The van der Waals surface area contributed by atoms with Crippen LogP contribution in [0.1, 0.15) is 19.4 Å². The molecule has 0 amide bonds. The first-order chi connectivity index (χ1) is 5.84. The summed E-state index contributed by atoms with van der Waals surface area (Å²) in [5.74, 6) is 0. The van der Waals surface area contributed by atoms with E-state index in [1.54, 1.807) is 0 Å². The Bertz CT molecular complexity index is 278. The van der Waals surface area contributed by atoms with Crippen molar-refractivity contribution in [1.29, 1.82) is 0 Å². The maximum absolute atomic E-state index is 2.12. The van der Waals surface area contributed by atoms with Gasteiger partial charge in [0.1, 0.15) is 0 Å². The van der Waals surface area contributed by atoms with Crippen molar-refractivity contribution < 1.29 is 0 Å². The van der Waals surface area contributed by atoms with E-state index < -0.39 is 0 Å². The summed E-state index contributed by atoms with van der Waals surface area (Å²) in [6.07, 6.45) is 6.21. The summed E-state index contributed by atoms with van der Waals surface area (Å²) in [6, 6.07) is 10.4. The highest BCUT2D eigenvalue weighted by Gasteiger charge is 1.89. The smallest absolute Gasteiger partial charge is 0.0227 e. The van der Waals surface area contributed by atoms with Crippen molar-refractivity contribution in [3.63, 3.8) is 0 Å². The van der Waals surface area contributed by atoms with E-state index in [4.69, 9.17) is 0 Å². The van der Waals surface area contributed by atoms with E-state index in [2.05, 4.69) is 43.3 Å². The van der Waals surface area contributed by atoms with Gasteiger partial charge in [0.15, 0.2) is 0 Å². The van der Waals surface area contributed by atoms with Gasteiger partial charge in [0, 0.05) is 0 Å². The molecule has 0 aliphatic carbocycles. The molecule has 0 fully saturated rings. The summed E-state index contributed by atoms with van der Waals surface area (Å²) in [7, 11) is 0. The van der Waals surface area contributed by atoms with Crippen LogP contribution < -0.4 is 0 Å². The molecule has 0 N–H and O–H groups in total. The summed E-state index contributed by atoms with van der Waals surface area (Å²) >= 11 is 0. The molecule has 0 aliphatic heterocycles. The number of hydrogen-bond donors (Lipinski definition) is 0. The van der Waals surface area contributed by atoms with Crippen LogP contribution in [0.5, 0.6) is 0 Å². The first-order valence-electron chi connectivity index (χ1n) is 4.19. The lowest BCUT2D eigenvalue weighted by atomic mass is 10.1. The van der Waals surface area contributed by atoms with E-state index in [0.29, 0.717) is 0 Å². The molecule has 12 heavy (non-hydrogen) atoms. The number of rotatable bonds is 2. The van der Waals surface area contributed by atoms with Crippen molar-refractivity contribution in [3.05, 3.63) is 54.1 Å². The summed E-state index contributed by atoms with van der Waals surface area (Å²) < 4.78 is 0. The summed E-state index contributed by atoms with van der Waals surface area (Å²) in [6.45, 7) is 4.14. The van der Waals surface area contributed by atoms with E-state index in [-0.39, 0.29) is 0 Å². The van der Waals surface area contributed by atoms with Crippen LogP contribution in [0.3, 0.4) is 0 Å². The predicted molar refractivity (Wildman–Crippen MR) is 54.9 cm³/mol. The largest absolute Gasteiger partial charge is 0.0877 e. The fraction of sp³-hybridized carbons (Fsp3) is 0.167. The highest BCUT2D eigenvalue weighted by atomic mass is 13.9. The van der Waals surface area contributed by atoms with Gasteiger partial charge >= 0.3 is 0 Å². The van der Waals surface area contributed by atoms with Gasteiger partial charge in [-0.05, 0) is 25.0 Å². The average Bonchev–Trinajstić information content (AvgIpc) is 2.15. The lowest BCUT2D eigenvalue weighted by molar-refractivity contribution is 1.56. The van der Waals surface area contributed by atoms with E-state index in [9.17, 15) is 0 Å². The molecule has 0 saturated heterocycles. The monoisotopic (exact) mass is 158 g/mol. The van der Waals surface area contributed by atoms with Gasteiger partial charge in [0.05, 0.1) is 0 Å². The molecule has 0 atom stereocenters. The van der Waals surface area contributed by atoms with Crippen LogP contribution in [0.2, 0.25) is 0 Å². The zero-order valence-electron chi connectivity index (χ0n) is 7.62. The second kappa shape index (κ2) is 4.55. The van der Waals surface area contributed by atoms with E-state index in [1.807, 2.05) is 19.1 Å². The predicted octanol–water partition coefficient (Wildman–Crippen LogP) is 3.67. The molecular formula is C12H14. The molecule has 0 unspecified atom stereocenters. The lowest BCUT2D eigenvalue weighted by Gasteiger charge is -1.97. The fourth-order valence-corrected chi connectivity index (χ4v) is 1.04. The molecule has 0 heterocycles. The Morgan fingerprint density at radius 3 is 2.42 bits per heavy atom. The zero-order chi connectivity index (χ0) is 8.81. The highest BCUT2D eigenvalue weighted by Crippen LogP contribution is 2.12. The Balaban J connectivity index is 2.85. The Morgan fingerprint density at radius 2 is 1.83 bits per heavy atom. The third-order valence-corrected chi connectivity index (χ3v) is 1.77. The van der Waals surface area contributed by atoms with Crippen LogP contribution >= 0.6 is 0 Å². The second-order valence-corrected chi connectivity index (χ2v) is 2.74. The number of hydrogen-bond acceptors (Lipinski definition) is 0. The number of allylic oxidation sites excluding steroid dienone is 4. The van der Waals surface area contributed by atoms with Crippen molar-refractivity contribution >= 4 is 5.57 Å². The molecule has 0 radical (unpaired) electrons. The van der Waals surface area contributed by atoms with Gasteiger partial charge in [-0.25, -0.2) is 0 Å². The van der Waals surface area contributed by atoms with Gasteiger partial charge < -0.3 is 0 Å². The van der Waals surface area contributed by atoms with Crippen molar-refractivity contribution in [2.45, 2.75) is 13.8 Å².